The second kappa shape index (κ2) is 9.68. The van der Waals surface area contributed by atoms with Crippen molar-refractivity contribution in [1.29, 1.82) is 0 Å². The number of nitrogens with zero attached hydrogens (tertiary/aromatic N) is 3. The summed E-state index contributed by atoms with van der Waals surface area (Å²) in [5.74, 6) is -2.52. The molecule has 2 aromatic carbocycles. The van der Waals surface area contributed by atoms with Gasteiger partial charge in [0.05, 0.1) is 0 Å². The molecule has 0 bridgehead atoms. The van der Waals surface area contributed by atoms with E-state index in [-0.39, 0.29) is 16.3 Å². The number of carbonyl (C=O) groups excluding carboxylic acids is 1. The average Bonchev–Trinajstić information content (AvgIpc) is 3.51. The summed E-state index contributed by atoms with van der Waals surface area (Å²) < 4.78 is 26.7. The lowest BCUT2D eigenvalue weighted by molar-refractivity contribution is 0.104. The van der Waals surface area contributed by atoms with Crippen LogP contribution in [0, 0.1) is 11.6 Å². The molecule has 3 heterocycles. The number of hydrogen-bond donors (Lipinski definition) is 2. The summed E-state index contributed by atoms with van der Waals surface area (Å²) in [4.78, 5) is 22.2. The number of ketones is 1. The van der Waals surface area contributed by atoms with E-state index in [1.54, 1.807) is 0 Å². The minimum Gasteiger partial charge on any atom is -0.382 e. The van der Waals surface area contributed by atoms with Gasteiger partial charge < -0.3 is 20.9 Å². The highest BCUT2D eigenvalue weighted by atomic mass is 32.1. The molecule has 0 aliphatic carbocycles. The number of nitrogen functional groups attached to an aromatic ring is 1. The number of likely N-dealkylation sites (tertiary alicyclic amines) is 1. The van der Waals surface area contributed by atoms with Gasteiger partial charge in [-0.1, -0.05) is 11.3 Å². The number of halogens is 2. The minimum absolute atomic E-state index is 0.0265. The van der Waals surface area contributed by atoms with E-state index in [4.69, 9.17) is 5.73 Å². The quantitative estimate of drug-likeness (QED) is 0.479. The van der Waals surface area contributed by atoms with Crippen LogP contribution in [0.15, 0.2) is 42.5 Å². The third-order valence-corrected chi connectivity index (χ3v) is 7.63. The van der Waals surface area contributed by atoms with Gasteiger partial charge in [0.25, 0.3) is 0 Å². The number of hydrogen-bond acceptors (Lipinski definition) is 7. The lowest BCUT2D eigenvalue weighted by Crippen LogP contribution is -2.43. The molecule has 2 fully saturated rings. The minimum atomic E-state index is -1.08. The molecule has 9 heteroatoms. The van der Waals surface area contributed by atoms with Crippen LogP contribution in [0.1, 0.15) is 40.9 Å². The zero-order chi connectivity index (χ0) is 23.7. The van der Waals surface area contributed by atoms with E-state index in [1.165, 1.54) is 50.5 Å². The van der Waals surface area contributed by atoms with E-state index in [0.29, 0.717) is 5.13 Å². The predicted molar refractivity (Wildman–Crippen MR) is 132 cm³/mol. The highest BCUT2D eigenvalue weighted by Crippen LogP contribution is 2.31. The standard InChI is InChI=1S/C25H27F2N5OS/c26-20-8-3-16(15-21(20)27)22(33)23-24(28)30-25(34-23)29-17-4-6-18(7-5-17)32-13-9-19(10-14-32)31-11-1-2-12-31/h3-8,15,19H,1-2,9-14,28H2,(H,29,30). The fourth-order valence-corrected chi connectivity index (χ4v) is 5.66. The van der Waals surface area contributed by atoms with Crippen LogP contribution in [0.3, 0.4) is 0 Å². The Kier molecular flexibility index (Phi) is 6.47. The van der Waals surface area contributed by atoms with Crippen LogP contribution in [0.2, 0.25) is 0 Å². The maximum atomic E-state index is 13.5. The molecule has 1 aromatic heterocycles. The number of piperidine rings is 1. The molecular formula is C25H27F2N5OS. The molecule has 0 saturated carbocycles. The van der Waals surface area contributed by atoms with Gasteiger partial charge in [0.15, 0.2) is 16.8 Å². The molecule has 3 aromatic rings. The summed E-state index contributed by atoms with van der Waals surface area (Å²) >= 11 is 1.08. The van der Waals surface area contributed by atoms with E-state index in [1.807, 2.05) is 12.1 Å². The Hall–Kier alpha value is -3.04. The monoisotopic (exact) mass is 483 g/mol. The lowest BCUT2D eigenvalue weighted by Gasteiger charge is -2.37. The number of nitrogens with one attached hydrogen (secondary N) is 1. The third kappa shape index (κ3) is 4.76. The van der Waals surface area contributed by atoms with E-state index >= 15 is 0 Å². The highest BCUT2D eigenvalue weighted by molar-refractivity contribution is 7.18. The largest absolute Gasteiger partial charge is 0.382 e. The Bertz CT molecular complexity index is 1170. The summed E-state index contributed by atoms with van der Waals surface area (Å²) in [6, 6.07) is 11.9. The zero-order valence-electron chi connectivity index (χ0n) is 18.8. The van der Waals surface area contributed by atoms with Crippen molar-refractivity contribution >= 4 is 39.4 Å². The number of anilines is 4. The molecule has 6 nitrogen and oxygen atoms in total. The molecule has 178 valence electrons. The fraction of sp³-hybridized carbons (Fsp3) is 0.360. The molecule has 2 aliphatic heterocycles. The van der Waals surface area contributed by atoms with Crippen molar-refractivity contribution in [2.24, 2.45) is 0 Å². The SMILES string of the molecule is Nc1nc(Nc2ccc(N3CCC(N4CCCC4)CC3)cc2)sc1C(=O)c1ccc(F)c(F)c1. The summed E-state index contributed by atoms with van der Waals surface area (Å²) in [5, 5.41) is 3.64. The summed E-state index contributed by atoms with van der Waals surface area (Å²) in [5.41, 5.74) is 7.99. The number of rotatable bonds is 6. The fourth-order valence-electron chi connectivity index (χ4n) is 4.79. The Morgan fingerprint density at radius 2 is 1.71 bits per heavy atom. The first-order valence-electron chi connectivity index (χ1n) is 11.6. The highest BCUT2D eigenvalue weighted by Gasteiger charge is 2.26. The van der Waals surface area contributed by atoms with Crippen LogP contribution in [-0.4, -0.2) is 47.9 Å². The molecule has 0 unspecified atom stereocenters. The maximum absolute atomic E-state index is 13.5. The van der Waals surface area contributed by atoms with Gasteiger partial charge in [0.2, 0.25) is 5.78 Å². The maximum Gasteiger partial charge on any atom is 0.206 e. The number of aromatic nitrogens is 1. The molecule has 0 atom stereocenters. The molecule has 3 N–H and O–H groups in total. The first-order chi connectivity index (χ1) is 16.5. The predicted octanol–water partition coefficient (Wildman–Crippen LogP) is 5.04. The number of benzene rings is 2. The van der Waals surface area contributed by atoms with Gasteiger partial charge in [-0.25, -0.2) is 13.8 Å². The van der Waals surface area contributed by atoms with Crippen molar-refractivity contribution in [2.45, 2.75) is 31.7 Å². The van der Waals surface area contributed by atoms with Crippen LogP contribution in [0.25, 0.3) is 0 Å². The summed E-state index contributed by atoms with van der Waals surface area (Å²) in [6.45, 7) is 4.62. The van der Waals surface area contributed by atoms with Crippen molar-refractivity contribution in [1.82, 2.24) is 9.88 Å². The molecule has 0 spiro atoms. The normalized spacial score (nSPS) is 17.3. The Morgan fingerprint density at radius 3 is 2.38 bits per heavy atom. The number of carbonyl (C=O) groups is 1. The molecule has 2 saturated heterocycles. The van der Waals surface area contributed by atoms with Crippen molar-refractivity contribution in [3.63, 3.8) is 0 Å². The van der Waals surface area contributed by atoms with Gasteiger partial charge in [0.1, 0.15) is 10.7 Å². The molecular weight excluding hydrogens is 456 g/mol. The van der Waals surface area contributed by atoms with E-state index in [9.17, 15) is 13.6 Å². The Balaban J connectivity index is 1.21. The van der Waals surface area contributed by atoms with Crippen LogP contribution in [0.4, 0.5) is 31.1 Å². The van der Waals surface area contributed by atoms with Crippen LogP contribution >= 0.6 is 11.3 Å². The van der Waals surface area contributed by atoms with Crippen molar-refractivity contribution in [3.8, 4) is 0 Å². The summed E-state index contributed by atoms with van der Waals surface area (Å²) in [6.07, 6.45) is 5.07. The molecule has 0 radical (unpaired) electrons. The van der Waals surface area contributed by atoms with Crippen molar-refractivity contribution in [3.05, 3.63) is 64.5 Å². The van der Waals surface area contributed by atoms with E-state index in [0.717, 1.165) is 48.3 Å². The van der Waals surface area contributed by atoms with Crippen molar-refractivity contribution in [2.75, 3.05) is 42.1 Å². The summed E-state index contributed by atoms with van der Waals surface area (Å²) in [7, 11) is 0. The first kappa shape index (κ1) is 22.7. The van der Waals surface area contributed by atoms with Gasteiger partial charge in [-0.15, -0.1) is 0 Å². The third-order valence-electron chi connectivity index (χ3n) is 6.65. The van der Waals surface area contributed by atoms with E-state index < -0.39 is 17.4 Å². The molecule has 0 amide bonds. The van der Waals surface area contributed by atoms with Gasteiger partial charge >= 0.3 is 0 Å². The second-order valence-corrected chi connectivity index (χ2v) is 9.82. The molecule has 5 rings (SSSR count). The van der Waals surface area contributed by atoms with Crippen LogP contribution in [0.5, 0.6) is 0 Å². The molecule has 2 aliphatic rings. The number of nitrogens with two attached hydrogens (primary N) is 1. The smallest absolute Gasteiger partial charge is 0.206 e. The van der Waals surface area contributed by atoms with Crippen LogP contribution in [-0.2, 0) is 0 Å². The Labute approximate surface area is 201 Å². The van der Waals surface area contributed by atoms with Gasteiger partial charge in [-0.05, 0) is 81.2 Å². The topological polar surface area (TPSA) is 74.5 Å². The number of thiazole rings is 1. The lowest BCUT2D eigenvalue weighted by atomic mass is 10.0. The average molecular weight is 484 g/mol. The molecule has 34 heavy (non-hydrogen) atoms. The second-order valence-electron chi connectivity index (χ2n) is 8.82. The van der Waals surface area contributed by atoms with Crippen LogP contribution < -0.4 is 16.0 Å². The van der Waals surface area contributed by atoms with Crippen molar-refractivity contribution < 1.29 is 13.6 Å². The van der Waals surface area contributed by atoms with Gasteiger partial charge in [-0.2, -0.15) is 0 Å². The van der Waals surface area contributed by atoms with E-state index in [2.05, 4.69) is 32.2 Å². The van der Waals surface area contributed by atoms with Gasteiger partial charge in [0, 0.05) is 36.1 Å². The zero-order valence-corrected chi connectivity index (χ0v) is 19.6. The Morgan fingerprint density at radius 1 is 1.00 bits per heavy atom. The first-order valence-corrected chi connectivity index (χ1v) is 12.4. The van der Waals surface area contributed by atoms with Gasteiger partial charge in [-0.3, -0.25) is 4.79 Å².